The third kappa shape index (κ3) is 4.01. The Balaban J connectivity index is 1.61. The quantitative estimate of drug-likeness (QED) is 0.494. The zero-order valence-electron chi connectivity index (χ0n) is 14.5. The van der Waals surface area contributed by atoms with Gasteiger partial charge in [0.05, 0.1) is 21.6 Å². The van der Waals surface area contributed by atoms with E-state index < -0.39 is 10.0 Å². The van der Waals surface area contributed by atoms with E-state index in [4.69, 9.17) is 11.6 Å². The normalized spacial score (nSPS) is 11.0. The van der Waals surface area contributed by atoms with Gasteiger partial charge >= 0.3 is 0 Å². The van der Waals surface area contributed by atoms with Gasteiger partial charge in [-0.15, -0.1) is 0 Å². The monoisotopic (exact) mass is 407 g/mol. The van der Waals surface area contributed by atoms with Crippen molar-refractivity contribution in [1.82, 2.24) is 9.97 Å². The predicted octanol–water partition coefficient (Wildman–Crippen LogP) is 4.42. The number of hydrogen-bond donors (Lipinski definition) is 2. The van der Waals surface area contributed by atoms with Gasteiger partial charge in [-0.25, -0.2) is 13.4 Å². The number of nitrogens with zero attached hydrogens (tertiary/aromatic N) is 1. The number of sulfonamides is 1. The molecule has 138 valence electrons. The van der Waals surface area contributed by atoms with E-state index >= 15 is 0 Å². The summed E-state index contributed by atoms with van der Waals surface area (Å²) in [5.74, 6) is 6.44. The molecule has 0 radical (unpaired) electrons. The Morgan fingerprint density at radius 3 is 2.54 bits per heavy atom. The molecule has 0 atom stereocenters. The molecule has 2 N–H and O–H groups in total. The maximum Gasteiger partial charge on any atom is 0.261 e. The lowest BCUT2D eigenvalue weighted by molar-refractivity contribution is 0.601. The molecule has 4 rings (SSSR count). The van der Waals surface area contributed by atoms with Crippen molar-refractivity contribution >= 4 is 38.3 Å². The van der Waals surface area contributed by atoms with E-state index in [-0.39, 0.29) is 4.90 Å². The number of halogens is 1. The minimum atomic E-state index is -3.65. The molecular weight excluding hydrogens is 394 g/mol. The van der Waals surface area contributed by atoms with Crippen molar-refractivity contribution in [2.75, 3.05) is 4.72 Å². The van der Waals surface area contributed by atoms with Crippen molar-refractivity contribution in [1.29, 1.82) is 0 Å². The van der Waals surface area contributed by atoms with Crippen LogP contribution in [0.25, 0.3) is 11.0 Å². The van der Waals surface area contributed by atoms with Gasteiger partial charge in [0.2, 0.25) is 0 Å². The summed E-state index contributed by atoms with van der Waals surface area (Å²) >= 11 is 5.96. The smallest absolute Gasteiger partial charge is 0.261 e. The Labute approximate surface area is 167 Å². The van der Waals surface area contributed by atoms with Crippen molar-refractivity contribution in [3.05, 3.63) is 89.2 Å². The van der Waals surface area contributed by atoms with Crippen LogP contribution < -0.4 is 4.72 Å². The van der Waals surface area contributed by atoms with Crippen LogP contribution in [-0.2, 0) is 10.0 Å². The second-order valence-electron chi connectivity index (χ2n) is 6.00. The number of H-pyrrole nitrogens is 1. The van der Waals surface area contributed by atoms with Crippen LogP contribution in [0.2, 0.25) is 5.02 Å². The summed E-state index contributed by atoms with van der Waals surface area (Å²) in [6.45, 7) is 0. The zero-order chi connectivity index (χ0) is 19.6. The average Bonchev–Trinajstić information content (AvgIpc) is 3.09. The minimum absolute atomic E-state index is 0.202. The largest absolute Gasteiger partial charge is 0.331 e. The van der Waals surface area contributed by atoms with Gasteiger partial charge in [0.25, 0.3) is 10.0 Å². The molecule has 1 aromatic heterocycles. The standard InChI is InChI=1S/C21H14ClN3O2S/c22-16-6-4-5-15(13-16)9-12-21-23-19-11-10-17(14-20(19)24-21)25-28(26,27)18-7-2-1-3-8-18/h1-8,10-11,13-14,25H,(H,23,24). The molecule has 0 aliphatic carbocycles. The fraction of sp³-hybridized carbons (Fsp3) is 0. The summed E-state index contributed by atoms with van der Waals surface area (Å²) in [4.78, 5) is 7.70. The molecule has 7 heteroatoms. The summed E-state index contributed by atoms with van der Waals surface area (Å²) in [7, 11) is -3.65. The molecule has 4 aromatic rings. The molecule has 3 aromatic carbocycles. The van der Waals surface area contributed by atoms with Crippen LogP contribution in [0, 0.1) is 11.8 Å². The molecule has 0 aliphatic rings. The maximum absolute atomic E-state index is 12.5. The highest BCUT2D eigenvalue weighted by Crippen LogP contribution is 2.20. The summed E-state index contributed by atoms with van der Waals surface area (Å²) in [6, 6.07) is 20.5. The second kappa shape index (κ2) is 7.39. The topological polar surface area (TPSA) is 74.8 Å². The fourth-order valence-corrected chi connectivity index (χ4v) is 3.90. The Morgan fingerprint density at radius 1 is 0.929 bits per heavy atom. The number of hydrogen-bond acceptors (Lipinski definition) is 3. The van der Waals surface area contributed by atoms with Crippen LogP contribution in [0.4, 0.5) is 5.69 Å². The van der Waals surface area contributed by atoms with Crippen LogP contribution in [0.1, 0.15) is 11.4 Å². The van der Waals surface area contributed by atoms with Crippen LogP contribution >= 0.6 is 11.6 Å². The molecule has 0 spiro atoms. The number of aromatic nitrogens is 2. The molecule has 1 heterocycles. The van der Waals surface area contributed by atoms with E-state index in [1.807, 2.05) is 12.1 Å². The van der Waals surface area contributed by atoms with Crippen molar-refractivity contribution < 1.29 is 8.42 Å². The number of rotatable bonds is 3. The predicted molar refractivity (Wildman–Crippen MR) is 111 cm³/mol. The Hall–Kier alpha value is -3.27. The molecule has 0 bridgehead atoms. The molecule has 0 fully saturated rings. The highest BCUT2D eigenvalue weighted by Gasteiger charge is 2.14. The summed E-state index contributed by atoms with van der Waals surface area (Å²) in [5.41, 5.74) is 2.60. The van der Waals surface area contributed by atoms with Crippen molar-refractivity contribution in [3.63, 3.8) is 0 Å². The second-order valence-corrected chi connectivity index (χ2v) is 8.12. The summed E-state index contributed by atoms with van der Waals surface area (Å²) in [6.07, 6.45) is 0. The van der Waals surface area contributed by atoms with Gasteiger partial charge in [0.1, 0.15) is 0 Å². The molecule has 0 unspecified atom stereocenters. The van der Waals surface area contributed by atoms with Crippen LogP contribution in [0.5, 0.6) is 0 Å². The SMILES string of the molecule is O=S(=O)(Nc1ccc2nc(C#Cc3cccc(Cl)c3)[nH]c2c1)c1ccccc1. The van der Waals surface area contributed by atoms with Gasteiger partial charge in [-0.2, -0.15) is 0 Å². The number of benzene rings is 3. The Kier molecular flexibility index (Phi) is 4.78. The molecular formula is C21H14ClN3O2S. The number of aromatic amines is 1. The van der Waals surface area contributed by atoms with Gasteiger partial charge in [0.15, 0.2) is 5.82 Å². The third-order valence-corrected chi connectivity index (χ3v) is 5.57. The molecule has 5 nitrogen and oxygen atoms in total. The lowest BCUT2D eigenvalue weighted by Gasteiger charge is -2.07. The minimum Gasteiger partial charge on any atom is -0.331 e. The van der Waals surface area contributed by atoms with Gasteiger partial charge < -0.3 is 4.98 Å². The summed E-state index contributed by atoms with van der Waals surface area (Å²) in [5, 5.41) is 0.617. The number of nitrogens with one attached hydrogen (secondary N) is 2. The lowest BCUT2D eigenvalue weighted by Crippen LogP contribution is -2.12. The van der Waals surface area contributed by atoms with Gasteiger partial charge in [-0.05, 0) is 54.5 Å². The van der Waals surface area contributed by atoms with Crippen LogP contribution in [0.3, 0.4) is 0 Å². The van der Waals surface area contributed by atoms with Gasteiger partial charge in [-0.1, -0.05) is 41.8 Å². The van der Waals surface area contributed by atoms with Crippen LogP contribution in [0.15, 0.2) is 77.7 Å². The zero-order valence-corrected chi connectivity index (χ0v) is 16.1. The molecule has 0 amide bonds. The number of fused-ring (bicyclic) bond motifs is 1. The Bertz CT molecular complexity index is 1320. The number of anilines is 1. The van der Waals surface area contributed by atoms with Crippen LogP contribution in [-0.4, -0.2) is 18.4 Å². The maximum atomic E-state index is 12.5. The first-order valence-electron chi connectivity index (χ1n) is 8.35. The molecule has 0 saturated heterocycles. The molecule has 0 aliphatic heterocycles. The highest BCUT2D eigenvalue weighted by atomic mass is 35.5. The van der Waals surface area contributed by atoms with E-state index in [1.54, 1.807) is 60.7 Å². The van der Waals surface area contributed by atoms with E-state index in [0.29, 0.717) is 27.6 Å². The molecule has 28 heavy (non-hydrogen) atoms. The average molecular weight is 408 g/mol. The van der Waals surface area contributed by atoms with E-state index in [9.17, 15) is 8.42 Å². The van der Waals surface area contributed by atoms with Crippen molar-refractivity contribution in [2.24, 2.45) is 0 Å². The first-order valence-corrected chi connectivity index (χ1v) is 10.2. The lowest BCUT2D eigenvalue weighted by atomic mass is 10.2. The van der Waals surface area contributed by atoms with Gasteiger partial charge in [0, 0.05) is 10.6 Å². The number of imidazole rings is 1. The van der Waals surface area contributed by atoms with Gasteiger partial charge in [-0.3, -0.25) is 4.72 Å². The van der Waals surface area contributed by atoms with E-state index in [0.717, 1.165) is 5.56 Å². The third-order valence-electron chi connectivity index (χ3n) is 3.94. The first-order chi connectivity index (χ1) is 13.5. The van der Waals surface area contributed by atoms with E-state index in [1.165, 1.54) is 0 Å². The van der Waals surface area contributed by atoms with Crippen molar-refractivity contribution in [2.45, 2.75) is 4.90 Å². The highest BCUT2D eigenvalue weighted by molar-refractivity contribution is 7.92. The first kappa shape index (κ1) is 18.1. The molecule has 0 saturated carbocycles. The summed E-state index contributed by atoms with van der Waals surface area (Å²) < 4.78 is 27.5. The Morgan fingerprint density at radius 2 is 1.75 bits per heavy atom. The fourth-order valence-electron chi connectivity index (χ4n) is 2.64. The van der Waals surface area contributed by atoms with E-state index in [2.05, 4.69) is 26.5 Å². The van der Waals surface area contributed by atoms with Crippen molar-refractivity contribution in [3.8, 4) is 11.8 Å².